The number of carbonyl (C=O) groups is 1. The maximum Gasteiger partial charge on any atom is 0.319 e. The van der Waals surface area contributed by atoms with E-state index < -0.39 is 23.5 Å². The summed E-state index contributed by atoms with van der Waals surface area (Å²) in [5.41, 5.74) is 0.821. The van der Waals surface area contributed by atoms with Crippen LogP contribution in [0.4, 0.5) is 23.7 Å². The molecule has 27 heavy (non-hydrogen) atoms. The molecule has 1 saturated heterocycles. The summed E-state index contributed by atoms with van der Waals surface area (Å²) in [6.45, 7) is 1.14. The first kappa shape index (κ1) is 19.5. The Balaban J connectivity index is 1.63. The zero-order valence-electron chi connectivity index (χ0n) is 14.6. The molecule has 0 aliphatic carbocycles. The van der Waals surface area contributed by atoms with E-state index in [4.69, 9.17) is 11.6 Å². The van der Waals surface area contributed by atoms with E-state index in [0.29, 0.717) is 6.54 Å². The van der Waals surface area contributed by atoms with Crippen molar-refractivity contribution in [2.75, 3.05) is 25.5 Å². The van der Waals surface area contributed by atoms with E-state index in [1.54, 1.807) is 6.07 Å². The maximum atomic E-state index is 13.8. The molecule has 0 spiro atoms. The van der Waals surface area contributed by atoms with Gasteiger partial charge >= 0.3 is 6.03 Å². The third-order valence-corrected chi connectivity index (χ3v) is 5.01. The van der Waals surface area contributed by atoms with Crippen LogP contribution in [0.15, 0.2) is 36.4 Å². The molecular weight excluding hydrogens is 379 g/mol. The number of amides is 2. The van der Waals surface area contributed by atoms with Crippen molar-refractivity contribution in [2.45, 2.75) is 12.5 Å². The van der Waals surface area contributed by atoms with Gasteiger partial charge in [0.15, 0.2) is 0 Å². The first-order valence-corrected chi connectivity index (χ1v) is 8.87. The molecular formula is C19H19ClF3N3O. The van der Waals surface area contributed by atoms with Crippen molar-refractivity contribution in [2.24, 2.45) is 5.92 Å². The molecule has 0 saturated carbocycles. The van der Waals surface area contributed by atoms with E-state index in [0.717, 1.165) is 36.7 Å². The van der Waals surface area contributed by atoms with Crippen LogP contribution in [0, 0.1) is 23.4 Å². The van der Waals surface area contributed by atoms with Crippen molar-refractivity contribution in [3.8, 4) is 0 Å². The molecule has 1 aliphatic rings. The number of hydrogen-bond acceptors (Lipinski definition) is 2. The molecule has 4 nitrogen and oxygen atoms in total. The predicted molar refractivity (Wildman–Crippen MR) is 98.3 cm³/mol. The number of rotatable bonds is 4. The van der Waals surface area contributed by atoms with Crippen LogP contribution in [0.25, 0.3) is 0 Å². The average Bonchev–Trinajstić information content (AvgIpc) is 2.95. The van der Waals surface area contributed by atoms with E-state index in [2.05, 4.69) is 15.5 Å². The monoisotopic (exact) mass is 397 g/mol. The Morgan fingerprint density at radius 3 is 2.56 bits per heavy atom. The Kier molecular flexibility index (Phi) is 5.92. The Hall–Kier alpha value is -2.25. The van der Waals surface area contributed by atoms with E-state index >= 15 is 0 Å². The van der Waals surface area contributed by atoms with Crippen LogP contribution < -0.4 is 10.6 Å². The maximum absolute atomic E-state index is 13.8. The van der Waals surface area contributed by atoms with Crippen LogP contribution in [0.3, 0.4) is 0 Å². The number of benzene rings is 2. The van der Waals surface area contributed by atoms with Gasteiger partial charge in [-0.05, 0) is 55.8 Å². The molecule has 8 heteroatoms. The molecule has 144 valence electrons. The summed E-state index contributed by atoms with van der Waals surface area (Å²) in [4.78, 5) is 14.1. The second-order valence-corrected chi connectivity index (χ2v) is 7.05. The second-order valence-electron chi connectivity index (χ2n) is 6.64. The summed E-state index contributed by atoms with van der Waals surface area (Å²) in [7, 11) is 1.94. The number of nitrogens with one attached hydrogen (secondary N) is 2. The molecule has 0 aromatic heterocycles. The van der Waals surface area contributed by atoms with Crippen molar-refractivity contribution >= 4 is 23.3 Å². The molecule has 1 heterocycles. The fraction of sp³-hybridized carbons (Fsp3) is 0.316. The zero-order chi connectivity index (χ0) is 19.6. The summed E-state index contributed by atoms with van der Waals surface area (Å²) in [6.07, 6.45) is 0.820. The van der Waals surface area contributed by atoms with Gasteiger partial charge in [0.1, 0.15) is 17.5 Å². The van der Waals surface area contributed by atoms with Crippen LogP contribution in [-0.2, 0) is 0 Å². The van der Waals surface area contributed by atoms with Gasteiger partial charge in [-0.15, -0.1) is 0 Å². The van der Waals surface area contributed by atoms with Gasteiger partial charge in [-0.25, -0.2) is 18.0 Å². The summed E-state index contributed by atoms with van der Waals surface area (Å²) >= 11 is 5.75. The van der Waals surface area contributed by atoms with Crippen molar-refractivity contribution < 1.29 is 18.0 Å². The Bertz CT molecular complexity index is 829. The van der Waals surface area contributed by atoms with Crippen LogP contribution in [0.5, 0.6) is 0 Å². The minimum atomic E-state index is -0.771. The number of nitrogens with zero attached hydrogens (tertiary/aromatic N) is 1. The molecule has 0 radical (unpaired) electrons. The SMILES string of the molecule is CN1CCC(CNC(=O)Nc2cc(F)cc(F)c2)C1c1ccc(Cl)c(F)c1. The molecule has 2 aromatic rings. The smallest absolute Gasteiger partial charge is 0.319 e. The third kappa shape index (κ3) is 4.73. The van der Waals surface area contributed by atoms with Crippen LogP contribution >= 0.6 is 11.6 Å². The molecule has 0 bridgehead atoms. The van der Waals surface area contributed by atoms with E-state index in [-0.39, 0.29) is 22.7 Å². The minimum Gasteiger partial charge on any atom is -0.338 e. The lowest BCUT2D eigenvalue weighted by molar-refractivity contribution is 0.243. The molecule has 3 rings (SSSR count). The number of likely N-dealkylation sites (tertiary alicyclic amines) is 1. The van der Waals surface area contributed by atoms with Gasteiger partial charge in [-0.1, -0.05) is 17.7 Å². The van der Waals surface area contributed by atoms with Crippen LogP contribution in [0.2, 0.25) is 5.02 Å². The Morgan fingerprint density at radius 1 is 1.19 bits per heavy atom. The highest BCUT2D eigenvalue weighted by Crippen LogP contribution is 2.36. The quantitative estimate of drug-likeness (QED) is 0.793. The topological polar surface area (TPSA) is 44.4 Å². The van der Waals surface area contributed by atoms with E-state index in [1.165, 1.54) is 12.1 Å². The number of anilines is 1. The zero-order valence-corrected chi connectivity index (χ0v) is 15.4. The van der Waals surface area contributed by atoms with Crippen molar-refractivity contribution in [3.05, 3.63) is 64.4 Å². The van der Waals surface area contributed by atoms with Crippen molar-refractivity contribution in [1.29, 1.82) is 0 Å². The van der Waals surface area contributed by atoms with Gasteiger partial charge in [-0.3, -0.25) is 4.90 Å². The van der Waals surface area contributed by atoms with Gasteiger partial charge in [0.2, 0.25) is 0 Å². The van der Waals surface area contributed by atoms with E-state index in [1.807, 2.05) is 7.05 Å². The summed E-state index contributed by atoms with van der Waals surface area (Å²) in [6, 6.07) is 6.88. The normalized spacial score (nSPS) is 19.9. The predicted octanol–water partition coefficient (Wildman–Crippen LogP) is 4.57. The molecule has 2 amide bonds. The van der Waals surface area contributed by atoms with Crippen molar-refractivity contribution in [1.82, 2.24) is 10.2 Å². The largest absolute Gasteiger partial charge is 0.338 e. The van der Waals surface area contributed by atoms with Gasteiger partial charge in [0, 0.05) is 24.3 Å². The van der Waals surface area contributed by atoms with E-state index in [9.17, 15) is 18.0 Å². The average molecular weight is 398 g/mol. The summed E-state index contributed by atoms with van der Waals surface area (Å²) in [5, 5.41) is 5.19. The Labute approximate surface area is 160 Å². The summed E-state index contributed by atoms with van der Waals surface area (Å²) < 4.78 is 40.2. The third-order valence-electron chi connectivity index (χ3n) is 4.70. The fourth-order valence-corrected chi connectivity index (χ4v) is 3.61. The van der Waals surface area contributed by atoms with Crippen molar-refractivity contribution in [3.63, 3.8) is 0 Å². The number of halogens is 4. The molecule has 1 fully saturated rings. The standard InChI is InChI=1S/C19H19ClF3N3O/c1-26-5-4-12(18(26)11-2-3-16(20)17(23)6-11)10-24-19(27)25-15-8-13(21)7-14(22)9-15/h2-3,6-9,12,18H,4-5,10H2,1H3,(H2,24,25,27). The number of urea groups is 1. The van der Waals surface area contributed by atoms with Gasteiger partial charge in [-0.2, -0.15) is 0 Å². The molecule has 2 unspecified atom stereocenters. The van der Waals surface area contributed by atoms with Gasteiger partial charge < -0.3 is 10.6 Å². The highest BCUT2D eigenvalue weighted by atomic mass is 35.5. The van der Waals surface area contributed by atoms with Crippen LogP contribution in [0.1, 0.15) is 18.0 Å². The molecule has 1 aliphatic heterocycles. The van der Waals surface area contributed by atoms with Gasteiger partial charge in [0.05, 0.1) is 5.02 Å². The lowest BCUT2D eigenvalue weighted by atomic mass is 9.93. The lowest BCUT2D eigenvalue weighted by Gasteiger charge is -2.26. The lowest BCUT2D eigenvalue weighted by Crippen LogP contribution is -2.35. The fourth-order valence-electron chi connectivity index (χ4n) is 3.49. The first-order chi connectivity index (χ1) is 12.8. The molecule has 2 aromatic carbocycles. The first-order valence-electron chi connectivity index (χ1n) is 8.49. The highest BCUT2D eigenvalue weighted by molar-refractivity contribution is 6.30. The van der Waals surface area contributed by atoms with Crippen LogP contribution in [-0.4, -0.2) is 31.1 Å². The number of hydrogen-bond donors (Lipinski definition) is 2. The number of carbonyl (C=O) groups excluding carboxylic acids is 1. The minimum absolute atomic E-state index is 0.0323. The summed E-state index contributed by atoms with van der Waals surface area (Å²) in [5.74, 6) is -1.96. The highest BCUT2D eigenvalue weighted by Gasteiger charge is 2.33. The Morgan fingerprint density at radius 2 is 1.89 bits per heavy atom. The molecule has 2 N–H and O–H groups in total. The van der Waals surface area contributed by atoms with Gasteiger partial charge in [0.25, 0.3) is 0 Å². The second kappa shape index (κ2) is 8.19. The molecule has 2 atom stereocenters.